The van der Waals surface area contributed by atoms with Crippen molar-refractivity contribution in [3.8, 4) is 0 Å². The average molecular weight is 226 g/mol. The maximum Gasteiger partial charge on any atom is 0.312 e. The molecule has 2 heterocycles. The molecule has 80 valence electrons. The Hall–Kier alpha value is -1.47. The Morgan fingerprint density at radius 3 is 3.07 bits per heavy atom. The highest BCUT2D eigenvalue weighted by atomic mass is 32.1. The van der Waals surface area contributed by atoms with Gasteiger partial charge in [-0.05, 0) is 0 Å². The Bertz CT molecular complexity index is 439. The molecule has 0 radical (unpaired) electrons. The third kappa shape index (κ3) is 2.51. The van der Waals surface area contributed by atoms with Crippen molar-refractivity contribution in [3.05, 3.63) is 22.0 Å². The molecule has 0 aliphatic heterocycles. The van der Waals surface area contributed by atoms with Gasteiger partial charge in [0.2, 0.25) is 5.89 Å². The Kier molecular flexibility index (Phi) is 2.93. The lowest BCUT2D eigenvalue weighted by Crippen LogP contribution is -1.91. The molecule has 0 fully saturated rings. The predicted molar refractivity (Wildman–Crippen MR) is 54.3 cm³/mol. The third-order valence-corrected chi connectivity index (χ3v) is 2.55. The molecule has 15 heavy (non-hydrogen) atoms. The fourth-order valence-corrected chi connectivity index (χ4v) is 1.88. The predicted octanol–water partition coefficient (Wildman–Crippen LogP) is 0.845. The van der Waals surface area contributed by atoms with E-state index in [1.165, 1.54) is 0 Å². The lowest BCUT2D eigenvalue weighted by Gasteiger charge is -1.91. The first-order valence-corrected chi connectivity index (χ1v) is 5.16. The van der Waals surface area contributed by atoms with E-state index < -0.39 is 0 Å². The van der Waals surface area contributed by atoms with E-state index in [9.17, 15) is 0 Å². The van der Waals surface area contributed by atoms with E-state index in [-0.39, 0.29) is 6.01 Å². The summed E-state index contributed by atoms with van der Waals surface area (Å²) in [6, 6.07) is 0.0809. The molecule has 0 aliphatic rings. The number of aromatic nitrogens is 3. The van der Waals surface area contributed by atoms with Gasteiger partial charge >= 0.3 is 6.01 Å². The van der Waals surface area contributed by atoms with Gasteiger partial charge in [-0.25, -0.2) is 4.98 Å². The van der Waals surface area contributed by atoms with Crippen LogP contribution in [0.15, 0.2) is 9.80 Å². The van der Waals surface area contributed by atoms with E-state index in [4.69, 9.17) is 14.9 Å². The lowest BCUT2D eigenvalue weighted by molar-refractivity contribution is 0.184. The van der Waals surface area contributed by atoms with Gasteiger partial charge in [0.05, 0.1) is 18.7 Å². The molecule has 2 aromatic heterocycles. The van der Waals surface area contributed by atoms with Crippen molar-refractivity contribution in [2.75, 3.05) is 12.8 Å². The van der Waals surface area contributed by atoms with Crippen molar-refractivity contribution >= 4 is 17.4 Å². The van der Waals surface area contributed by atoms with Crippen LogP contribution >= 0.6 is 11.3 Å². The van der Waals surface area contributed by atoms with E-state index in [1.807, 2.05) is 5.38 Å². The molecule has 0 bridgehead atoms. The van der Waals surface area contributed by atoms with Crippen LogP contribution in [0, 0.1) is 0 Å². The molecule has 0 spiro atoms. The van der Waals surface area contributed by atoms with Crippen LogP contribution in [0.5, 0.6) is 0 Å². The monoisotopic (exact) mass is 226 g/mol. The third-order valence-electron chi connectivity index (χ3n) is 1.68. The summed E-state index contributed by atoms with van der Waals surface area (Å²) >= 11 is 1.54. The second-order valence-electron chi connectivity index (χ2n) is 2.88. The molecule has 7 heteroatoms. The number of ether oxygens (including phenoxy) is 1. The van der Waals surface area contributed by atoms with Crippen LogP contribution < -0.4 is 5.73 Å². The largest absolute Gasteiger partial charge is 0.408 e. The van der Waals surface area contributed by atoms with Gasteiger partial charge in [-0.3, -0.25) is 0 Å². The molecule has 0 saturated carbocycles. The van der Waals surface area contributed by atoms with Crippen molar-refractivity contribution in [1.29, 1.82) is 0 Å². The zero-order valence-electron chi connectivity index (χ0n) is 8.14. The number of rotatable bonds is 4. The van der Waals surface area contributed by atoms with Crippen LogP contribution in [-0.2, 0) is 17.8 Å². The molecular formula is C8H10N4O2S. The molecule has 6 nitrogen and oxygen atoms in total. The van der Waals surface area contributed by atoms with Crippen LogP contribution in [0.1, 0.15) is 16.6 Å². The molecule has 2 N–H and O–H groups in total. The zero-order valence-corrected chi connectivity index (χ0v) is 8.95. The van der Waals surface area contributed by atoms with E-state index >= 15 is 0 Å². The summed E-state index contributed by atoms with van der Waals surface area (Å²) in [6.07, 6.45) is 0.504. The second-order valence-corrected chi connectivity index (χ2v) is 3.82. The molecule has 0 atom stereocenters. The quantitative estimate of drug-likeness (QED) is 0.831. The minimum absolute atomic E-state index is 0.0809. The Morgan fingerprint density at radius 1 is 1.53 bits per heavy atom. The number of nitrogens with zero attached hydrogens (tertiary/aromatic N) is 3. The van der Waals surface area contributed by atoms with Crippen molar-refractivity contribution in [2.45, 2.75) is 13.0 Å². The number of nitrogens with two attached hydrogens (primary N) is 1. The van der Waals surface area contributed by atoms with Crippen LogP contribution in [0.25, 0.3) is 0 Å². The topological polar surface area (TPSA) is 87.1 Å². The number of nitrogen functional groups attached to an aromatic ring is 1. The van der Waals surface area contributed by atoms with Crippen molar-refractivity contribution in [3.63, 3.8) is 0 Å². The minimum atomic E-state index is 0.0809. The molecule has 2 rings (SSSR count). The average Bonchev–Trinajstić information content (AvgIpc) is 2.78. The highest BCUT2D eigenvalue weighted by molar-refractivity contribution is 7.09. The SMILES string of the molecule is COCc1nc(Cc2nnc(N)o2)cs1. The van der Waals surface area contributed by atoms with E-state index in [1.54, 1.807) is 18.4 Å². The summed E-state index contributed by atoms with van der Waals surface area (Å²) in [5, 5.41) is 10.2. The first-order valence-electron chi connectivity index (χ1n) is 4.28. The smallest absolute Gasteiger partial charge is 0.312 e. The van der Waals surface area contributed by atoms with Crippen LogP contribution in [0.3, 0.4) is 0 Å². The molecule has 0 amide bonds. The van der Waals surface area contributed by atoms with E-state index in [0.29, 0.717) is 18.9 Å². The Balaban J connectivity index is 2.04. The van der Waals surface area contributed by atoms with Crippen molar-refractivity contribution in [2.24, 2.45) is 0 Å². The summed E-state index contributed by atoms with van der Waals surface area (Å²) in [6.45, 7) is 0.524. The lowest BCUT2D eigenvalue weighted by atomic mass is 10.3. The van der Waals surface area contributed by atoms with Crippen molar-refractivity contribution < 1.29 is 9.15 Å². The standard InChI is InChI=1S/C8H10N4O2S/c1-13-3-7-10-5(4-15-7)2-6-11-12-8(9)14-6/h4H,2-3H2,1H3,(H2,9,12). The molecule has 0 aliphatic carbocycles. The number of methoxy groups -OCH3 is 1. The maximum atomic E-state index is 5.31. The number of hydrogen-bond donors (Lipinski definition) is 1. The van der Waals surface area contributed by atoms with Crippen LogP contribution in [-0.4, -0.2) is 22.3 Å². The summed E-state index contributed by atoms with van der Waals surface area (Å²) in [7, 11) is 1.64. The first-order chi connectivity index (χ1) is 7.28. The van der Waals surface area contributed by atoms with E-state index in [2.05, 4.69) is 15.2 Å². The second kappa shape index (κ2) is 4.37. The van der Waals surface area contributed by atoms with Gasteiger partial charge in [0.25, 0.3) is 0 Å². The van der Waals surface area contributed by atoms with Crippen LogP contribution in [0.2, 0.25) is 0 Å². The first kappa shape index (κ1) is 10.1. The minimum Gasteiger partial charge on any atom is -0.408 e. The normalized spacial score (nSPS) is 10.7. The van der Waals surface area contributed by atoms with Gasteiger partial charge < -0.3 is 14.9 Å². The van der Waals surface area contributed by atoms with Gasteiger partial charge in [0, 0.05) is 12.5 Å². The van der Waals surface area contributed by atoms with E-state index in [0.717, 1.165) is 10.7 Å². The number of hydrogen-bond acceptors (Lipinski definition) is 7. The van der Waals surface area contributed by atoms with Crippen molar-refractivity contribution in [1.82, 2.24) is 15.2 Å². The molecule has 0 unspecified atom stereocenters. The Morgan fingerprint density at radius 2 is 2.40 bits per heavy atom. The molecular weight excluding hydrogens is 216 g/mol. The summed E-state index contributed by atoms with van der Waals surface area (Å²) in [5.74, 6) is 0.474. The number of anilines is 1. The molecule has 0 aromatic carbocycles. The van der Waals surface area contributed by atoms with Gasteiger partial charge in [0.1, 0.15) is 5.01 Å². The van der Waals surface area contributed by atoms with Crippen LogP contribution in [0.4, 0.5) is 6.01 Å². The fourth-order valence-electron chi connectivity index (χ4n) is 1.11. The summed E-state index contributed by atoms with van der Waals surface area (Å²) in [5.41, 5.74) is 6.19. The zero-order chi connectivity index (χ0) is 10.7. The van der Waals surface area contributed by atoms with Gasteiger partial charge in [-0.1, -0.05) is 5.10 Å². The van der Waals surface area contributed by atoms with Gasteiger partial charge in [-0.15, -0.1) is 16.4 Å². The molecule has 0 saturated heterocycles. The maximum absolute atomic E-state index is 5.31. The Labute approximate surface area is 90.1 Å². The fraction of sp³-hybridized carbons (Fsp3) is 0.375. The van der Waals surface area contributed by atoms with Gasteiger partial charge in [0.15, 0.2) is 0 Å². The highest BCUT2D eigenvalue weighted by Gasteiger charge is 2.07. The molecule has 2 aromatic rings. The summed E-state index contributed by atoms with van der Waals surface area (Å²) in [4.78, 5) is 4.33. The van der Waals surface area contributed by atoms with Gasteiger partial charge in [-0.2, -0.15) is 0 Å². The summed E-state index contributed by atoms with van der Waals surface area (Å²) < 4.78 is 10.0. The number of thiazole rings is 1. The highest BCUT2D eigenvalue weighted by Crippen LogP contribution is 2.14.